The van der Waals surface area contributed by atoms with Gasteiger partial charge in [0.05, 0.1) is 0 Å². The Kier molecular flexibility index (Phi) is 3.67. The molecule has 3 aliphatic rings. The van der Waals surface area contributed by atoms with E-state index in [9.17, 15) is 4.79 Å². The van der Waals surface area contributed by atoms with Gasteiger partial charge in [0.2, 0.25) is 0 Å². The van der Waals surface area contributed by atoms with Gasteiger partial charge in [0, 0.05) is 37.8 Å². The summed E-state index contributed by atoms with van der Waals surface area (Å²) in [4.78, 5) is 16.3. The summed E-state index contributed by atoms with van der Waals surface area (Å²) in [5.74, 6) is 0. The molecule has 0 aliphatic carbocycles. The SMILES string of the molecule is CC(C)(C)OC(=O)N1CC(NC2CCN3CCCC23)C1. The van der Waals surface area contributed by atoms with Crippen molar-refractivity contribution in [1.82, 2.24) is 15.1 Å². The molecule has 2 unspecified atom stereocenters. The quantitative estimate of drug-likeness (QED) is 0.832. The minimum atomic E-state index is -0.397. The van der Waals surface area contributed by atoms with E-state index in [0.29, 0.717) is 12.1 Å². The number of carbonyl (C=O) groups excluding carboxylic acids is 1. The fraction of sp³-hybridized carbons (Fsp3) is 0.933. The number of fused-ring (bicyclic) bond motifs is 1. The van der Waals surface area contributed by atoms with Crippen molar-refractivity contribution in [2.24, 2.45) is 0 Å². The van der Waals surface area contributed by atoms with E-state index < -0.39 is 5.60 Å². The summed E-state index contributed by atoms with van der Waals surface area (Å²) in [5, 5.41) is 3.74. The minimum absolute atomic E-state index is 0.176. The fourth-order valence-corrected chi connectivity index (χ4v) is 3.64. The third-order valence-electron chi connectivity index (χ3n) is 4.59. The molecule has 0 saturated carbocycles. The van der Waals surface area contributed by atoms with Crippen molar-refractivity contribution in [3.63, 3.8) is 0 Å². The van der Waals surface area contributed by atoms with E-state index in [-0.39, 0.29) is 6.09 Å². The number of likely N-dealkylation sites (tertiary alicyclic amines) is 1. The lowest BCUT2D eigenvalue weighted by Crippen LogP contribution is -2.63. The predicted molar refractivity (Wildman–Crippen MR) is 77.7 cm³/mol. The second kappa shape index (κ2) is 5.19. The first-order valence-corrected chi connectivity index (χ1v) is 7.90. The molecule has 3 heterocycles. The molecule has 3 saturated heterocycles. The topological polar surface area (TPSA) is 44.8 Å². The first-order chi connectivity index (χ1) is 9.42. The van der Waals surface area contributed by atoms with Crippen LogP contribution >= 0.6 is 0 Å². The summed E-state index contributed by atoms with van der Waals surface area (Å²) in [5.41, 5.74) is -0.397. The Morgan fingerprint density at radius 3 is 2.65 bits per heavy atom. The van der Waals surface area contributed by atoms with Crippen molar-refractivity contribution in [2.45, 2.75) is 63.8 Å². The van der Waals surface area contributed by atoms with Crippen LogP contribution in [0.15, 0.2) is 0 Å². The standard InChI is InChI=1S/C15H27N3O2/c1-15(2,3)20-14(19)18-9-11(10-18)16-12-6-8-17-7-4-5-13(12)17/h11-13,16H,4-10H2,1-3H3. The average Bonchev–Trinajstić information content (AvgIpc) is 2.82. The highest BCUT2D eigenvalue weighted by Gasteiger charge is 2.41. The number of amides is 1. The van der Waals surface area contributed by atoms with Gasteiger partial charge in [-0.1, -0.05) is 0 Å². The van der Waals surface area contributed by atoms with Gasteiger partial charge in [-0.3, -0.25) is 4.90 Å². The van der Waals surface area contributed by atoms with Crippen LogP contribution < -0.4 is 5.32 Å². The summed E-state index contributed by atoms with van der Waals surface area (Å²) in [6.45, 7) is 9.83. The van der Waals surface area contributed by atoms with Crippen LogP contribution in [0.4, 0.5) is 4.79 Å². The number of nitrogens with one attached hydrogen (secondary N) is 1. The van der Waals surface area contributed by atoms with Gasteiger partial charge in [0.15, 0.2) is 0 Å². The van der Waals surface area contributed by atoms with Crippen LogP contribution in [0.2, 0.25) is 0 Å². The molecule has 20 heavy (non-hydrogen) atoms. The predicted octanol–water partition coefficient (Wildman–Crippen LogP) is 1.43. The van der Waals surface area contributed by atoms with Crippen LogP contribution in [-0.2, 0) is 4.74 Å². The van der Waals surface area contributed by atoms with E-state index in [2.05, 4.69) is 10.2 Å². The molecule has 1 N–H and O–H groups in total. The highest BCUT2D eigenvalue weighted by molar-refractivity contribution is 5.69. The van der Waals surface area contributed by atoms with Gasteiger partial charge in [0.1, 0.15) is 5.60 Å². The van der Waals surface area contributed by atoms with Gasteiger partial charge in [-0.15, -0.1) is 0 Å². The second-order valence-corrected chi connectivity index (χ2v) is 7.39. The molecule has 114 valence electrons. The maximum absolute atomic E-state index is 11.9. The molecule has 5 nitrogen and oxygen atoms in total. The van der Waals surface area contributed by atoms with E-state index in [1.54, 1.807) is 4.90 Å². The van der Waals surface area contributed by atoms with Crippen molar-refractivity contribution in [3.05, 3.63) is 0 Å². The Morgan fingerprint density at radius 1 is 1.20 bits per heavy atom. The van der Waals surface area contributed by atoms with Crippen LogP contribution in [0, 0.1) is 0 Å². The number of hydrogen-bond acceptors (Lipinski definition) is 4. The normalized spacial score (nSPS) is 31.2. The molecule has 3 fully saturated rings. The molecule has 5 heteroatoms. The average molecular weight is 281 g/mol. The van der Waals surface area contributed by atoms with E-state index in [4.69, 9.17) is 4.74 Å². The number of rotatable bonds is 2. The molecule has 1 amide bonds. The molecule has 0 aromatic rings. The van der Waals surface area contributed by atoms with Gasteiger partial charge in [-0.25, -0.2) is 4.79 Å². The van der Waals surface area contributed by atoms with E-state index in [1.165, 1.54) is 32.4 Å². The smallest absolute Gasteiger partial charge is 0.410 e. The van der Waals surface area contributed by atoms with Gasteiger partial charge in [-0.2, -0.15) is 0 Å². The lowest BCUT2D eigenvalue weighted by Gasteiger charge is -2.42. The maximum atomic E-state index is 11.9. The summed E-state index contributed by atoms with van der Waals surface area (Å²) in [6, 6.07) is 1.82. The van der Waals surface area contributed by atoms with Gasteiger partial charge < -0.3 is 15.0 Å². The third-order valence-corrected chi connectivity index (χ3v) is 4.59. The zero-order chi connectivity index (χ0) is 14.3. The molecule has 0 spiro atoms. The lowest BCUT2D eigenvalue weighted by molar-refractivity contribution is 0.00383. The van der Waals surface area contributed by atoms with Crippen molar-refractivity contribution >= 4 is 6.09 Å². The molecular weight excluding hydrogens is 254 g/mol. The summed E-state index contributed by atoms with van der Waals surface area (Å²) < 4.78 is 5.38. The molecule has 3 rings (SSSR count). The third kappa shape index (κ3) is 2.93. The first kappa shape index (κ1) is 14.1. The van der Waals surface area contributed by atoms with Gasteiger partial charge in [-0.05, 0) is 46.6 Å². The maximum Gasteiger partial charge on any atom is 0.410 e. The van der Waals surface area contributed by atoms with Gasteiger partial charge >= 0.3 is 6.09 Å². The minimum Gasteiger partial charge on any atom is -0.444 e. The molecule has 2 atom stereocenters. The van der Waals surface area contributed by atoms with Crippen LogP contribution in [0.25, 0.3) is 0 Å². The number of ether oxygens (including phenoxy) is 1. The molecule has 0 aromatic heterocycles. The van der Waals surface area contributed by atoms with E-state index in [0.717, 1.165) is 19.1 Å². The van der Waals surface area contributed by atoms with Crippen LogP contribution in [0.3, 0.4) is 0 Å². The number of hydrogen-bond donors (Lipinski definition) is 1. The van der Waals surface area contributed by atoms with Crippen molar-refractivity contribution in [1.29, 1.82) is 0 Å². The van der Waals surface area contributed by atoms with Crippen LogP contribution in [0.1, 0.15) is 40.0 Å². The zero-order valence-electron chi connectivity index (χ0n) is 12.9. The highest BCUT2D eigenvalue weighted by Crippen LogP contribution is 2.29. The molecular formula is C15H27N3O2. The zero-order valence-corrected chi connectivity index (χ0v) is 12.9. The Balaban J connectivity index is 1.41. The summed E-state index contributed by atoms with van der Waals surface area (Å²) in [7, 11) is 0. The van der Waals surface area contributed by atoms with Crippen LogP contribution in [0.5, 0.6) is 0 Å². The van der Waals surface area contributed by atoms with Gasteiger partial charge in [0.25, 0.3) is 0 Å². The Labute approximate surface area is 121 Å². The van der Waals surface area contributed by atoms with Crippen LogP contribution in [-0.4, -0.2) is 65.8 Å². The van der Waals surface area contributed by atoms with E-state index in [1.807, 2.05) is 20.8 Å². The molecule has 0 radical (unpaired) electrons. The largest absolute Gasteiger partial charge is 0.444 e. The van der Waals surface area contributed by atoms with Crippen molar-refractivity contribution < 1.29 is 9.53 Å². The molecule has 0 bridgehead atoms. The Bertz CT molecular complexity index is 374. The number of carbonyl (C=O) groups is 1. The Hall–Kier alpha value is -0.810. The highest BCUT2D eigenvalue weighted by atomic mass is 16.6. The monoisotopic (exact) mass is 281 g/mol. The van der Waals surface area contributed by atoms with Crippen molar-refractivity contribution in [3.8, 4) is 0 Å². The van der Waals surface area contributed by atoms with Crippen molar-refractivity contribution in [2.75, 3.05) is 26.2 Å². The Morgan fingerprint density at radius 2 is 1.95 bits per heavy atom. The first-order valence-electron chi connectivity index (χ1n) is 7.90. The second-order valence-electron chi connectivity index (χ2n) is 7.39. The lowest BCUT2D eigenvalue weighted by atomic mass is 10.0. The summed E-state index contributed by atoms with van der Waals surface area (Å²) in [6.07, 6.45) is 3.76. The number of nitrogens with zero attached hydrogens (tertiary/aromatic N) is 2. The fourth-order valence-electron chi connectivity index (χ4n) is 3.64. The summed E-state index contributed by atoms with van der Waals surface area (Å²) >= 11 is 0. The molecule has 3 aliphatic heterocycles. The molecule has 0 aromatic carbocycles. The van der Waals surface area contributed by atoms with E-state index >= 15 is 0 Å².